The van der Waals surface area contributed by atoms with Crippen LogP contribution < -0.4 is 5.32 Å². The minimum atomic E-state index is -0.163. The van der Waals surface area contributed by atoms with Crippen molar-refractivity contribution in [1.82, 2.24) is 4.57 Å². The first-order valence-corrected chi connectivity index (χ1v) is 8.77. The van der Waals surface area contributed by atoms with Crippen LogP contribution in [0, 0.1) is 20.8 Å². The van der Waals surface area contributed by atoms with Crippen LogP contribution in [-0.4, -0.2) is 15.6 Å². The van der Waals surface area contributed by atoms with Gasteiger partial charge in [-0.1, -0.05) is 25.3 Å². The molecule has 1 heterocycles. The van der Waals surface area contributed by atoms with E-state index in [4.69, 9.17) is 0 Å². The zero-order chi connectivity index (χ0) is 17.3. The van der Waals surface area contributed by atoms with Gasteiger partial charge in [-0.3, -0.25) is 4.79 Å². The number of nitrogens with one attached hydrogen (secondary N) is 1. The summed E-state index contributed by atoms with van der Waals surface area (Å²) < 4.78 is 2.32. The van der Waals surface area contributed by atoms with Crippen LogP contribution in [0.25, 0.3) is 0 Å². The number of aromatic hydroxyl groups is 1. The second-order valence-electron chi connectivity index (χ2n) is 6.92. The van der Waals surface area contributed by atoms with Crippen molar-refractivity contribution < 1.29 is 9.90 Å². The van der Waals surface area contributed by atoms with E-state index in [0.717, 1.165) is 17.0 Å². The molecule has 3 rings (SSSR count). The molecule has 0 bridgehead atoms. The van der Waals surface area contributed by atoms with E-state index in [1.807, 2.05) is 26.0 Å². The first kappa shape index (κ1) is 16.6. The standard InChI is InChI=1S/C20H26N2O2/c1-13-9-10-18(19(23)11-13)21-20(24)17-12-14(2)22(15(17)3)16-7-5-4-6-8-16/h9-12,16,23H,4-8H2,1-3H3,(H,21,24). The molecule has 2 aromatic rings. The topological polar surface area (TPSA) is 54.3 Å². The quantitative estimate of drug-likeness (QED) is 0.790. The molecule has 128 valence electrons. The van der Waals surface area contributed by atoms with Crippen molar-refractivity contribution in [3.63, 3.8) is 0 Å². The van der Waals surface area contributed by atoms with Crippen molar-refractivity contribution in [3.8, 4) is 5.75 Å². The fourth-order valence-corrected chi connectivity index (χ4v) is 3.85. The Balaban J connectivity index is 1.85. The van der Waals surface area contributed by atoms with Crippen molar-refractivity contribution in [2.45, 2.75) is 58.9 Å². The third-order valence-electron chi connectivity index (χ3n) is 5.07. The van der Waals surface area contributed by atoms with Crippen LogP contribution in [0.15, 0.2) is 24.3 Å². The Hall–Kier alpha value is -2.23. The Morgan fingerprint density at radius 3 is 2.50 bits per heavy atom. The predicted molar refractivity (Wildman–Crippen MR) is 96.8 cm³/mol. The summed E-state index contributed by atoms with van der Waals surface area (Å²) in [5.41, 5.74) is 4.26. The number of anilines is 1. The van der Waals surface area contributed by atoms with Gasteiger partial charge in [-0.05, 0) is 57.4 Å². The summed E-state index contributed by atoms with van der Waals surface area (Å²) in [7, 11) is 0. The van der Waals surface area contributed by atoms with Gasteiger partial charge in [0.15, 0.2) is 0 Å². The molecule has 1 aromatic carbocycles. The van der Waals surface area contributed by atoms with E-state index in [1.165, 1.54) is 32.1 Å². The van der Waals surface area contributed by atoms with E-state index in [0.29, 0.717) is 17.3 Å². The molecule has 0 radical (unpaired) electrons. The molecule has 1 saturated carbocycles. The maximum atomic E-state index is 12.7. The molecule has 4 nitrogen and oxygen atoms in total. The van der Waals surface area contributed by atoms with Gasteiger partial charge < -0.3 is 15.0 Å². The molecule has 0 spiro atoms. The number of rotatable bonds is 3. The van der Waals surface area contributed by atoms with E-state index in [2.05, 4.69) is 16.8 Å². The first-order valence-electron chi connectivity index (χ1n) is 8.77. The number of carbonyl (C=O) groups excluding carboxylic acids is 1. The van der Waals surface area contributed by atoms with Crippen molar-refractivity contribution in [2.75, 3.05) is 5.32 Å². The molecule has 24 heavy (non-hydrogen) atoms. The molecule has 0 aliphatic heterocycles. The Morgan fingerprint density at radius 2 is 1.83 bits per heavy atom. The maximum Gasteiger partial charge on any atom is 0.257 e. The highest BCUT2D eigenvalue weighted by Gasteiger charge is 2.23. The van der Waals surface area contributed by atoms with Crippen molar-refractivity contribution in [3.05, 3.63) is 46.8 Å². The minimum absolute atomic E-state index is 0.101. The fourth-order valence-electron chi connectivity index (χ4n) is 3.85. The molecule has 1 aromatic heterocycles. The zero-order valence-corrected chi connectivity index (χ0v) is 14.7. The van der Waals surface area contributed by atoms with Gasteiger partial charge in [0.2, 0.25) is 0 Å². The summed E-state index contributed by atoms with van der Waals surface area (Å²) in [5, 5.41) is 12.8. The zero-order valence-electron chi connectivity index (χ0n) is 14.7. The maximum absolute atomic E-state index is 12.7. The van der Waals surface area contributed by atoms with Crippen LogP contribution >= 0.6 is 0 Å². The molecule has 1 aliphatic rings. The minimum Gasteiger partial charge on any atom is -0.506 e. The number of nitrogens with zero attached hydrogens (tertiary/aromatic N) is 1. The number of aromatic nitrogens is 1. The third kappa shape index (κ3) is 3.18. The number of aryl methyl sites for hydroxylation is 2. The average Bonchev–Trinajstić information content (AvgIpc) is 2.85. The second kappa shape index (κ2) is 6.71. The van der Waals surface area contributed by atoms with Crippen LogP contribution in [0.2, 0.25) is 0 Å². The number of phenols is 1. The molecule has 1 amide bonds. The summed E-state index contributed by atoms with van der Waals surface area (Å²) in [5.74, 6) is -0.0613. The number of carbonyl (C=O) groups is 1. The normalized spacial score (nSPS) is 15.5. The number of phenolic OH excluding ortho intramolecular Hbond substituents is 1. The lowest BCUT2D eigenvalue weighted by molar-refractivity contribution is 0.102. The summed E-state index contributed by atoms with van der Waals surface area (Å²) in [4.78, 5) is 12.7. The summed E-state index contributed by atoms with van der Waals surface area (Å²) in [6.45, 7) is 6.00. The fraction of sp³-hybridized carbons (Fsp3) is 0.450. The van der Waals surface area contributed by atoms with Crippen LogP contribution in [0.4, 0.5) is 5.69 Å². The lowest BCUT2D eigenvalue weighted by Crippen LogP contribution is -2.17. The van der Waals surface area contributed by atoms with Gasteiger partial charge in [-0.25, -0.2) is 0 Å². The Bertz CT molecular complexity index is 755. The van der Waals surface area contributed by atoms with Gasteiger partial charge in [-0.15, -0.1) is 0 Å². The third-order valence-corrected chi connectivity index (χ3v) is 5.07. The Kier molecular flexibility index (Phi) is 4.65. The number of amides is 1. The van der Waals surface area contributed by atoms with E-state index in [1.54, 1.807) is 12.1 Å². The van der Waals surface area contributed by atoms with E-state index < -0.39 is 0 Å². The van der Waals surface area contributed by atoms with E-state index in [-0.39, 0.29) is 11.7 Å². The average molecular weight is 326 g/mol. The molecule has 4 heteroatoms. The van der Waals surface area contributed by atoms with Crippen LogP contribution in [0.3, 0.4) is 0 Å². The van der Waals surface area contributed by atoms with Crippen molar-refractivity contribution in [1.29, 1.82) is 0 Å². The molecular formula is C20H26N2O2. The SMILES string of the molecule is Cc1ccc(NC(=O)c2cc(C)n(C3CCCCC3)c2C)c(O)c1. The molecule has 2 N–H and O–H groups in total. The molecular weight excluding hydrogens is 300 g/mol. The number of hydrogen-bond acceptors (Lipinski definition) is 2. The highest BCUT2D eigenvalue weighted by Crippen LogP contribution is 2.32. The molecule has 0 unspecified atom stereocenters. The number of hydrogen-bond donors (Lipinski definition) is 2. The molecule has 0 saturated heterocycles. The lowest BCUT2D eigenvalue weighted by atomic mass is 9.95. The van der Waals surface area contributed by atoms with E-state index >= 15 is 0 Å². The molecule has 0 atom stereocenters. The highest BCUT2D eigenvalue weighted by molar-refractivity contribution is 6.06. The Morgan fingerprint density at radius 1 is 1.12 bits per heavy atom. The predicted octanol–water partition coefficient (Wildman–Crippen LogP) is 4.88. The van der Waals surface area contributed by atoms with Gasteiger partial charge in [0.1, 0.15) is 5.75 Å². The highest BCUT2D eigenvalue weighted by atomic mass is 16.3. The first-order chi connectivity index (χ1) is 11.5. The van der Waals surface area contributed by atoms with Crippen LogP contribution in [0.5, 0.6) is 5.75 Å². The van der Waals surface area contributed by atoms with Gasteiger partial charge >= 0.3 is 0 Å². The van der Waals surface area contributed by atoms with Gasteiger partial charge in [0.05, 0.1) is 11.3 Å². The smallest absolute Gasteiger partial charge is 0.257 e. The van der Waals surface area contributed by atoms with Crippen molar-refractivity contribution >= 4 is 11.6 Å². The van der Waals surface area contributed by atoms with E-state index in [9.17, 15) is 9.90 Å². The van der Waals surface area contributed by atoms with Gasteiger partial charge in [0, 0.05) is 17.4 Å². The summed E-state index contributed by atoms with van der Waals surface area (Å²) >= 11 is 0. The lowest BCUT2D eigenvalue weighted by Gasteiger charge is -2.26. The summed E-state index contributed by atoms with van der Waals surface area (Å²) in [6.07, 6.45) is 6.23. The molecule has 1 aliphatic carbocycles. The molecule has 1 fully saturated rings. The van der Waals surface area contributed by atoms with Crippen LogP contribution in [0.1, 0.15) is 65.5 Å². The summed E-state index contributed by atoms with van der Waals surface area (Å²) in [6, 6.07) is 7.74. The van der Waals surface area contributed by atoms with Crippen molar-refractivity contribution in [2.24, 2.45) is 0 Å². The second-order valence-corrected chi connectivity index (χ2v) is 6.92. The van der Waals surface area contributed by atoms with Crippen LogP contribution in [-0.2, 0) is 0 Å². The largest absolute Gasteiger partial charge is 0.506 e. The Labute approximate surface area is 143 Å². The number of benzene rings is 1. The van der Waals surface area contributed by atoms with Gasteiger partial charge in [0.25, 0.3) is 5.91 Å². The monoisotopic (exact) mass is 326 g/mol. The van der Waals surface area contributed by atoms with Gasteiger partial charge in [-0.2, -0.15) is 0 Å².